The average Bonchev–Trinajstić information content (AvgIpc) is 2.26. The molecule has 0 aliphatic carbocycles. The molecule has 1 amide bonds. The Labute approximate surface area is 89.7 Å². The number of amides is 1. The third-order valence-electron chi connectivity index (χ3n) is 2.37. The summed E-state index contributed by atoms with van der Waals surface area (Å²) in [6.07, 6.45) is 2.40. The molecule has 0 N–H and O–H groups in total. The van der Waals surface area contributed by atoms with Crippen LogP contribution in [0.4, 0.5) is 0 Å². The fourth-order valence-corrected chi connectivity index (χ4v) is 1.31. The van der Waals surface area contributed by atoms with Crippen molar-refractivity contribution in [3.05, 3.63) is 35.9 Å². The van der Waals surface area contributed by atoms with Crippen LogP contribution in [0.5, 0.6) is 0 Å². The molecule has 79 valence electrons. The van der Waals surface area contributed by atoms with Gasteiger partial charge >= 0.3 is 0 Å². The van der Waals surface area contributed by atoms with Crippen LogP contribution in [-0.4, -0.2) is 30.2 Å². The smallest absolute Gasteiger partial charge is 0.223 e. The second kappa shape index (κ2) is 5.29. The lowest BCUT2D eigenvalue weighted by Crippen LogP contribution is -2.38. The zero-order chi connectivity index (χ0) is 11.3. The van der Waals surface area contributed by atoms with Gasteiger partial charge in [-0.3, -0.25) is 9.59 Å². The molecule has 0 saturated heterocycles. The van der Waals surface area contributed by atoms with Crippen molar-refractivity contribution >= 4 is 12.2 Å². The molecule has 1 aromatic carbocycles. The molecule has 1 atom stereocenters. The van der Waals surface area contributed by atoms with Crippen LogP contribution >= 0.6 is 0 Å². The van der Waals surface area contributed by atoms with Gasteiger partial charge in [-0.15, -0.1) is 0 Å². The van der Waals surface area contributed by atoms with Crippen LogP contribution in [0.3, 0.4) is 0 Å². The normalized spacial score (nSPS) is 11.9. The predicted octanol–water partition coefficient (Wildman–Crippen LogP) is 1.19. The lowest BCUT2D eigenvalue weighted by molar-refractivity contribution is -0.128. The van der Waals surface area contributed by atoms with E-state index in [1.807, 2.05) is 36.6 Å². The summed E-state index contributed by atoms with van der Waals surface area (Å²) in [5, 5.41) is 0. The van der Waals surface area contributed by atoms with Crippen molar-refractivity contribution in [1.82, 2.24) is 4.90 Å². The summed E-state index contributed by atoms with van der Waals surface area (Å²) in [6, 6.07) is 9.09. The monoisotopic (exact) mass is 204 g/mol. The van der Waals surface area contributed by atoms with Gasteiger partial charge in [0, 0.05) is 20.4 Å². The molecular formula is C12H14NO2. The highest BCUT2D eigenvalue weighted by molar-refractivity contribution is 5.77. The van der Waals surface area contributed by atoms with Crippen LogP contribution in [0.2, 0.25) is 0 Å². The summed E-state index contributed by atoms with van der Waals surface area (Å²) in [5.41, 5.74) is 1.03. The Balaban J connectivity index is 2.70. The van der Waals surface area contributed by atoms with Crippen LogP contribution in [0.1, 0.15) is 12.5 Å². The number of hydrogen-bond acceptors (Lipinski definition) is 2. The molecule has 0 heterocycles. The quantitative estimate of drug-likeness (QED) is 0.738. The first-order chi connectivity index (χ1) is 7.15. The van der Waals surface area contributed by atoms with Gasteiger partial charge in [0.25, 0.3) is 0 Å². The van der Waals surface area contributed by atoms with E-state index in [4.69, 9.17) is 0 Å². The van der Waals surface area contributed by atoms with Crippen molar-refractivity contribution < 1.29 is 9.59 Å². The van der Waals surface area contributed by atoms with Crippen molar-refractivity contribution in [1.29, 1.82) is 0 Å². The highest BCUT2D eigenvalue weighted by Crippen LogP contribution is 2.06. The molecule has 1 rings (SSSR count). The van der Waals surface area contributed by atoms with E-state index >= 15 is 0 Å². The maximum absolute atomic E-state index is 11.1. The molecular weight excluding hydrogens is 190 g/mol. The summed E-state index contributed by atoms with van der Waals surface area (Å²) in [6.45, 7) is 1.44. The molecule has 3 nitrogen and oxygen atoms in total. The highest BCUT2D eigenvalue weighted by atomic mass is 16.2. The second-order valence-electron chi connectivity index (χ2n) is 3.45. The molecule has 0 spiro atoms. The first-order valence-electron chi connectivity index (χ1n) is 4.80. The Bertz CT molecular complexity index is 335. The number of carbonyl (C=O) groups excluding carboxylic acids is 2. The van der Waals surface area contributed by atoms with Gasteiger partial charge in [0.15, 0.2) is 0 Å². The highest BCUT2D eigenvalue weighted by Gasteiger charge is 2.17. The molecule has 0 aliphatic rings. The number of hydrogen-bond donors (Lipinski definition) is 0. The van der Waals surface area contributed by atoms with Crippen molar-refractivity contribution in [2.45, 2.75) is 19.4 Å². The van der Waals surface area contributed by atoms with Gasteiger partial charge in [-0.05, 0) is 5.56 Å². The average molecular weight is 204 g/mol. The summed E-state index contributed by atoms with van der Waals surface area (Å²) in [7, 11) is 1.61. The zero-order valence-electron chi connectivity index (χ0n) is 8.93. The van der Waals surface area contributed by atoms with E-state index < -0.39 is 6.04 Å². The van der Waals surface area contributed by atoms with Gasteiger partial charge in [0.05, 0.1) is 0 Å². The third kappa shape index (κ3) is 3.20. The van der Waals surface area contributed by atoms with Crippen molar-refractivity contribution in [3.63, 3.8) is 0 Å². The summed E-state index contributed by atoms with van der Waals surface area (Å²) in [4.78, 5) is 23.2. The van der Waals surface area contributed by atoms with E-state index in [1.165, 1.54) is 11.8 Å². The van der Waals surface area contributed by atoms with E-state index in [2.05, 4.69) is 0 Å². The minimum absolute atomic E-state index is 0.126. The Morgan fingerprint density at radius 2 is 2.00 bits per heavy atom. The standard InChI is InChI=1S/C12H14NO2/c1-10(15)13(2)12(9-14)8-11-6-4-3-5-7-11/h3-7,12H,8H2,1-2H3/t12-/m0/s1. The SMILES string of the molecule is CC(=O)N(C)[C@H]([C]=O)Cc1ccccc1. The zero-order valence-corrected chi connectivity index (χ0v) is 8.93. The summed E-state index contributed by atoms with van der Waals surface area (Å²) in [5.74, 6) is -0.126. The molecule has 0 saturated carbocycles. The molecule has 0 fully saturated rings. The molecule has 0 unspecified atom stereocenters. The summed E-state index contributed by atoms with van der Waals surface area (Å²) < 4.78 is 0. The molecule has 15 heavy (non-hydrogen) atoms. The van der Waals surface area contributed by atoms with Crippen LogP contribution in [0.15, 0.2) is 30.3 Å². The second-order valence-corrected chi connectivity index (χ2v) is 3.45. The van der Waals surface area contributed by atoms with Crippen LogP contribution < -0.4 is 0 Å². The molecule has 1 aromatic rings. The lowest BCUT2D eigenvalue weighted by Gasteiger charge is -2.21. The van der Waals surface area contributed by atoms with E-state index in [1.54, 1.807) is 7.05 Å². The first kappa shape index (κ1) is 11.4. The van der Waals surface area contributed by atoms with Crippen molar-refractivity contribution in [3.8, 4) is 0 Å². The van der Waals surface area contributed by atoms with Gasteiger partial charge in [-0.1, -0.05) is 30.3 Å². The molecule has 1 radical (unpaired) electrons. The maximum Gasteiger partial charge on any atom is 0.223 e. The van der Waals surface area contributed by atoms with Crippen LogP contribution in [0.25, 0.3) is 0 Å². The number of carbonyl (C=O) groups is 1. The first-order valence-corrected chi connectivity index (χ1v) is 4.80. The van der Waals surface area contributed by atoms with E-state index in [9.17, 15) is 9.59 Å². The molecule has 0 aromatic heterocycles. The van der Waals surface area contributed by atoms with Gasteiger partial charge in [0.2, 0.25) is 12.2 Å². The largest absolute Gasteiger partial charge is 0.335 e. The van der Waals surface area contributed by atoms with Gasteiger partial charge < -0.3 is 4.90 Å². The number of nitrogens with zero attached hydrogens (tertiary/aromatic N) is 1. The Morgan fingerprint density at radius 3 is 2.47 bits per heavy atom. The minimum atomic E-state index is -0.495. The van der Waals surface area contributed by atoms with E-state index in [0.29, 0.717) is 6.42 Å². The number of rotatable bonds is 4. The number of likely N-dealkylation sites (N-methyl/N-ethyl adjacent to an activating group) is 1. The van der Waals surface area contributed by atoms with Gasteiger partial charge in [-0.2, -0.15) is 0 Å². The Hall–Kier alpha value is -1.64. The van der Waals surface area contributed by atoms with Crippen LogP contribution in [-0.2, 0) is 16.0 Å². The van der Waals surface area contributed by atoms with E-state index in [0.717, 1.165) is 5.56 Å². The van der Waals surface area contributed by atoms with Gasteiger partial charge in [0.1, 0.15) is 6.04 Å². The van der Waals surface area contributed by atoms with E-state index in [-0.39, 0.29) is 5.91 Å². The molecule has 0 bridgehead atoms. The number of benzene rings is 1. The fraction of sp³-hybridized carbons (Fsp3) is 0.333. The predicted molar refractivity (Wildman–Crippen MR) is 58.1 cm³/mol. The fourth-order valence-electron chi connectivity index (χ4n) is 1.31. The Morgan fingerprint density at radius 1 is 1.40 bits per heavy atom. The minimum Gasteiger partial charge on any atom is -0.335 e. The lowest BCUT2D eigenvalue weighted by atomic mass is 10.1. The third-order valence-corrected chi connectivity index (χ3v) is 2.37. The molecule has 0 aliphatic heterocycles. The topological polar surface area (TPSA) is 37.4 Å². The van der Waals surface area contributed by atoms with Crippen molar-refractivity contribution in [2.24, 2.45) is 0 Å². The molecule has 3 heteroatoms. The maximum atomic E-state index is 11.1. The Kier molecular flexibility index (Phi) is 4.03. The summed E-state index contributed by atoms with van der Waals surface area (Å²) >= 11 is 0. The van der Waals surface area contributed by atoms with Crippen LogP contribution in [0, 0.1) is 0 Å². The van der Waals surface area contributed by atoms with Gasteiger partial charge in [-0.25, -0.2) is 0 Å². The van der Waals surface area contributed by atoms with Crippen molar-refractivity contribution in [2.75, 3.05) is 7.05 Å².